The third-order valence-electron chi connectivity index (χ3n) is 4.74. The van der Waals surface area contributed by atoms with Gasteiger partial charge in [0.15, 0.2) is 0 Å². The van der Waals surface area contributed by atoms with Crippen molar-refractivity contribution in [1.82, 2.24) is 4.98 Å². The minimum atomic E-state index is -0.468. The van der Waals surface area contributed by atoms with E-state index in [-0.39, 0.29) is 12.4 Å². The normalized spacial score (nSPS) is 10.7. The molecule has 4 aromatic rings. The van der Waals surface area contributed by atoms with Gasteiger partial charge in [0.05, 0.1) is 23.5 Å². The molecule has 0 radical (unpaired) electrons. The number of nitrogen functional groups attached to an aromatic ring is 1. The maximum atomic E-state index is 12.9. The Bertz CT molecular complexity index is 1190. The molecule has 0 atom stereocenters. The zero-order valence-electron chi connectivity index (χ0n) is 16.4. The molecular formula is C24H21N3O3. The number of hydrogen-bond donors (Lipinski definition) is 2. The summed E-state index contributed by atoms with van der Waals surface area (Å²) in [6.07, 6.45) is 1.50. The summed E-state index contributed by atoms with van der Waals surface area (Å²) in [5, 5.41) is 10.5. The molecule has 0 spiro atoms. The standard InChI is InChI=1S/C24H21N3O3/c1-2-30-24(29)20-15-26-22-19(9-6-10-21(22)25)23(20)27(16-7-4-3-5-8-16)17-11-13-18(28)14-12-17/h3-15,28H,2,25H2,1H3. The molecule has 4 rings (SSSR count). The number of phenols is 1. The largest absolute Gasteiger partial charge is 0.508 e. The highest BCUT2D eigenvalue weighted by molar-refractivity contribution is 6.10. The average molecular weight is 399 g/mol. The molecule has 0 saturated carbocycles. The van der Waals surface area contributed by atoms with Crippen molar-refractivity contribution in [2.45, 2.75) is 6.92 Å². The van der Waals surface area contributed by atoms with Crippen molar-refractivity contribution in [3.05, 3.63) is 84.6 Å². The van der Waals surface area contributed by atoms with Gasteiger partial charge in [-0.3, -0.25) is 4.98 Å². The van der Waals surface area contributed by atoms with Gasteiger partial charge in [0, 0.05) is 23.0 Å². The molecule has 0 aliphatic carbocycles. The summed E-state index contributed by atoms with van der Waals surface area (Å²) < 4.78 is 5.31. The first kappa shape index (κ1) is 19.3. The number of nitrogens with zero attached hydrogens (tertiary/aromatic N) is 2. The van der Waals surface area contributed by atoms with Crippen LogP contribution in [0.25, 0.3) is 10.9 Å². The van der Waals surface area contributed by atoms with Crippen LogP contribution in [-0.4, -0.2) is 22.7 Å². The molecule has 6 nitrogen and oxygen atoms in total. The molecule has 0 aliphatic heterocycles. The number of phenolic OH excluding ortho intramolecular Hbond substituents is 1. The molecule has 3 aromatic carbocycles. The number of benzene rings is 3. The van der Waals surface area contributed by atoms with Crippen LogP contribution in [-0.2, 0) is 4.74 Å². The summed E-state index contributed by atoms with van der Waals surface area (Å²) in [7, 11) is 0. The maximum Gasteiger partial charge on any atom is 0.341 e. The Morgan fingerprint density at radius 3 is 2.40 bits per heavy atom. The first-order valence-corrected chi connectivity index (χ1v) is 9.58. The van der Waals surface area contributed by atoms with Gasteiger partial charge in [-0.15, -0.1) is 0 Å². The molecule has 1 heterocycles. The van der Waals surface area contributed by atoms with E-state index >= 15 is 0 Å². The predicted molar refractivity (Wildman–Crippen MR) is 118 cm³/mol. The molecular weight excluding hydrogens is 378 g/mol. The lowest BCUT2D eigenvalue weighted by atomic mass is 10.0. The summed E-state index contributed by atoms with van der Waals surface area (Å²) in [4.78, 5) is 19.2. The second kappa shape index (κ2) is 8.13. The van der Waals surface area contributed by atoms with Crippen molar-refractivity contribution in [2.75, 3.05) is 17.2 Å². The van der Waals surface area contributed by atoms with Crippen molar-refractivity contribution in [3.8, 4) is 5.75 Å². The van der Waals surface area contributed by atoms with Gasteiger partial charge in [0.1, 0.15) is 11.3 Å². The predicted octanol–water partition coefficient (Wildman–Crippen LogP) is 5.17. The molecule has 0 saturated heterocycles. The van der Waals surface area contributed by atoms with Gasteiger partial charge in [0.25, 0.3) is 0 Å². The lowest BCUT2D eigenvalue weighted by molar-refractivity contribution is 0.0527. The van der Waals surface area contributed by atoms with Crippen LogP contribution in [0.1, 0.15) is 17.3 Å². The molecule has 0 amide bonds. The number of hydrogen-bond acceptors (Lipinski definition) is 6. The van der Waals surface area contributed by atoms with Gasteiger partial charge in [-0.05, 0) is 49.4 Å². The highest BCUT2D eigenvalue weighted by Gasteiger charge is 2.24. The Morgan fingerprint density at radius 2 is 1.70 bits per heavy atom. The molecule has 6 heteroatoms. The molecule has 0 bridgehead atoms. The van der Waals surface area contributed by atoms with E-state index < -0.39 is 5.97 Å². The van der Waals surface area contributed by atoms with E-state index in [1.807, 2.05) is 47.4 Å². The fourth-order valence-corrected chi connectivity index (χ4v) is 3.42. The smallest absolute Gasteiger partial charge is 0.341 e. The van der Waals surface area contributed by atoms with E-state index in [0.717, 1.165) is 16.8 Å². The molecule has 0 aliphatic rings. The van der Waals surface area contributed by atoms with Gasteiger partial charge in [0.2, 0.25) is 0 Å². The van der Waals surface area contributed by atoms with Gasteiger partial charge >= 0.3 is 5.97 Å². The number of rotatable bonds is 5. The first-order chi connectivity index (χ1) is 14.6. The van der Waals surface area contributed by atoms with Crippen LogP contribution >= 0.6 is 0 Å². The van der Waals surface area contributed by atoms with E-state index in [2.05, 4.69) is 4.98 Å². The van der Waals surface area contributed by atoms with Gasteiger partial charge in [-0.25, -0.2) is 4.79 Å². The Hall–Kier alpha value is -4.06. The topological polar surface area (TPSA) is 88.7 Å². The fraction of sp³-hybridized carbons (Fsp3) is 0.0833. The number of carbonyl (C=O) groups excluding carboxylic acids is 1. The van der Waals surface area contributed by atoms with Gasteiger partial charge in [-0.2, -0.15) is 0 Å². The zero-order valence-corrected chi connectivity index (χ0v) is 16.4. The number of fused-ring (bicyclic) bond motifs is 1. The lowest BCUT2D eigenvalue weighted by Crippen LogP contribution is -2.17. The minimum Gasteiger partial charge on any atom is -0.508 e. The van der Waals surface area contributed by atoms with E-state index in [1.165, 1.54) is 6.20 Å². The van der Waals surface area contributed by atoms with Crippen molar-refractivity contribution < 1.29 is 14.6 Å². The number of pyridine rings is 1. The Kier molecular flexibility index (Phi) is 5.22. The Morgan fingerprint density at radius 1 is 1.00 bits per heavy atom. The number of ether oxygens (including phenoxy) is 1. The first-order valence-electron chi connectivity index (χ1n) is 9.58. The van der Waals surface area contributed by atoms with Gasteiger partial charge < -0.3 is 20.5 Å². The maximum absolute atomic E-state index is 12.9. The van der Waals surface area contributed by atoms with E-state index in [1.54, 1.807) is 37.3 Å². The molecule has 3 N–H and O–H groups in total. The number of anilines is 4. The van der Waals surface area contributed by atoms with E-state index in [4.69, 9.17) is 10.5 Å². The summed E-state index contributed by atoms with van der Waals surface area (Å²) >= 11 is 0. The van der Waals surface area contributed by atoms with Crippen molar-refractivity contribution in [3.63, 3.8) is 0 Å². The summed E-state index contributed by atoms with van der Waals surface area (Å²) in [6, 6.07) is 21.9. The lowest BCUT2D eigenvalue weighted by Gasteiger charge is -2.28. The second-order valence-electron chi connectivity index (χ2n) is 6.67. The molecule has 150 valence electrons. The van der Waals surface area contributed by atoms with Gasteiger partial charge in [-0.1, -0.05) is 30.3 Å². The number of para-hydroxylation sites is 2. The molecule has 1 aromatic heterocycles. The van der Waals surface area contributed by atoms with Crippen LogP contribution in [0.2, 0.25) is 0 Å². The van der Waals surface area contributed by atoms with Crippen molar-refractivity contribution in [1.29, 1.82) is 0 Å². The Labute approximate surface area is 174 Å². The number of carbonyl (C=O) groups is 1. The Balaban J connectivity index is 2.07. The highest BCUT2D eigenvalue weighted by Crippen LogP contribution is 2.42. The van der Waals surface area contributed by atoms with Crippen LogP contribution in [0.15, 0.2) is 79.0 Å². The number of aromatic nitrogens is 1. The number of nitrogens with two attached hydrogens (primary N) is 1. The summed E-state index contributed by atoms with van der Waals surface area (Å²) in [6.45, 7) is 2.01. The van der Waals surface area contributed by atoms with Crippen LogP contribution in [0.4, 0.5) is 22.7 Å². The van der Waals surface area contributed by atoms with Crippen LogP contribution < -0.4 is 10.6 Å². The van der Waals surface area contributed by atoms with Crippen molar-refractivity contribution in [2.24, 2.45) is 0 Å². The minimum absolute atomic E-state index is 0.154. The summed E-state index contributed by atoms with van der Waals surface area (Å²) in [5.74, 6) is -0.315. The second-order valence-corrected chi connectivity index (χ2v) is 6.67. The monoisotopic (exact) mass is 399 g/mol. The quantitative estimate of drug-likeness (QED) is 0.356. The zero-order chi connectivity index (χ0) is 21.1. The SMILES string of the molecule is CCOC(=O)c1cnc2c(N)cccc2c1N(c1ccccc1)c1ccc(O)cc1. The summed E-state index contributed by atoms with van der Waals surface area (Å²) in [5.41, 5.74) is 9.83. The van der Waals surface area contributed by atoms with Crippen molar-refractivity contribution >= 4 is 39.6 Å². The molecule has 0 unspecified atom stereocenters. The average Bonchev–Trinajstić information content (AvgIpc) is 2.76. The highest BCUT2D eigenvalue weighted by atomic mass is 16.5. The third kappa shape index (κ3) is 3.51. The van der Waals surface area contributed by atoms with Crippen LogP contribution in [0.5, 0.6) is 5.75 Å². The van der Waals surface area contributed by atoms with Crippen LogP contribution in [0.3, 0.4) is 0 Å². The molecule has 30 heavy (non-hydrogen) atoms. The number of aromatic hydroxyl groups is 1. The fourth-order valence-electron chi connectivity index (χ4n) is 3.42. The van der Waals surface area contributed by atoms with Crippen LogP contribution in [0, 0.1) is 0 Å². The molecule has 0 fully saturated rings. The van der Waals surface area contributed by atoms with E-state index in [0.29, 0.717) is 22.5 Å². The number of esters is 1. The third-order valence-corrected chi connectivity index (χ3v) is 4.74. The van der Waals surface area contributed by atoms with E-state index in [9.17, 15) is 9.90 Å².